The van der Waals surface area contributed by atoms with Gasteiger partial charge in [0.05, 0.1) is 20.1 Å². The standard InChI is InChI=1S/C18H21NO3/c1-3-14-5-4-6-15(13-14)19-18(20)11-12-22-17-9-7-16(21-2)8-10-17/h4-10,13H,3,11-12H2,1-2H3,(H,19,20). The van der Waals surface area contributed by atoms with Crippen molar-refractivity contribution >= 4 is 11.6 Å². The van der Waals surface area contributed by atoms with Crippen LogP contribution in [0.25, 0.3) is 0 Å². The maximum absolute atomic E-state index is 11.9. The van der Waals surface area contributed by atoms with E-state index in [0.29, 0.717) is 13.0 Å². The molecule has 0 aliphatic carbocycles. The molecular formula is C18H21NO3. The summed E-state index contributed by atoms with van der Waals surface area (Å²) in [7, 11) is 1.62. The predicted molar refractivity (Wildman–Crippen MR) is 87.6 cm³/mol. The van der Waals surface area contributed by atoms with Gasteiger partial charge in [0.1, 0.15) is 11.5 Å². The first kappa shape index (κ1) is 15.9. The maximum Gasteiger partial charge on any atom is 0.227 e. The molecule has 0 unspecified atom stereocenters. The van der Waals surface area contributed by atoms with Crippen LogP contribution in [-0.2, 0) is 11.2 Å². The number of nitrogens with one attached hydrogen (secondary N) is 1. The molecular weight excluding hydrogens is 278 g/mol. The fourth-order valence-corrected chi connectivity index (χ4v) is 2.03. The van der Waals surface area contributed by atoms with Gasteiger partial charge in [0.2, 0.25) is 5.91 Å². The molecule has 2 aromatic rings. The molecule has 1 N–H and O–H groups in total. The van der Waals surface area contributed by atoms with E-state index in [2.05, 4.69) is 12.2 Å². The van der Waals surface area contributed by atoms with Gasteiger partial charge in [0.15, 0.2) is 0 Å². The molecule has 0 atom stereocenters. The second-order valence-corrected chi connectivity index (χ2v) is 4.88. The Morgan fingerprint density at radius 1 is 1.09 bits per heavy atom. The third kappa shape index (κ3) is 4.81. The summed E-state index contributed by atoms with van der Waals surface area (Å²) in [4.78, 5) is 11.9. The number of hydrogen-bond donors (Lipinski definition) is 1. The molecule has 0 saturated heterocycles. The first-order valence-corrected chi connectivity index (χ1v) is 7.37. The van der Waals surface area contributed by atoms with Crippen molar-refractivity contribution in [2.45, 2.75) is 19.8 Å². The smallest absolute Gasteiger partial charge is 0.227 e. The average Bonchev–Trinajstić information content (AvgIpc) is 2.55. The highest BCUT2D eigenvalue weighted by molar-refractivity contribution is 5.90. The van der Waals surface area contributed by atoms with Gasteiger partial charge in [0, 0.05) is 5.69 Å². The molecule has 0 bridgehead atoms. The van der Waals surface area contributed by atoms with Gasteiger partial charge >= 0.3 is 0 Å². The van der Waals surface area contributed by atoms with Crippen LogP contribution in [-0.4, -0.2) is 19.6 Å². The van der Waals surface area contributed by atoms with Gasteiger partial charge in [-0.2, -0.15) is 0 Å². The van der Waals surface area contributed by atoms with Crippen molar-refractivity contribution in [1.82, 2.24) is 0 Å². The Labute approximate surface area is 131 Å². The minimum Gasteiger partial charge on any atom is -0.497 e. The number of anilines is 1. The minimum atomic E-state index is -0.0539. The third-order valence-corrected chi connectivity index (χ3v) is 3.28. The van der Waals surface area contributed by atoms with E-state index in [1.165, 1.54) is 5.56 Å². The van der Waals surface area contributed by atoms with Gasteiger partial charge in [-0.25, -0.2) is 0 Å². The summed E-state index contributed by atoms with van der Waals surface area (Å²) in [6.45, 7) is 2.43. The molecule has 0 saturated carbocycles. The van der Waals surface area contributed by atoms with E-state index < -0.39 is 0 Å². The van der Waals surface area contributed by atoms with Crippen LogP contribution in [0, 0.1) is 0 Å². The first-order valence-electron chi connectivity index (χ1n) is 7.37. The Morgan fingerprint density at radius 3 is 2.50 bits per heavy atom. The lowest BCUT2D eigenvalue weighted by molar-refractivity contribution is -0.116. The monoisotopic (exact) mass is 299 g/mol. The lowest BCUT2D eigenvalue weighted by Crippen LogP contribution is -2.15. The van der Waals surface area contributed by atoms with Crippen molar-refractivity contribution in [2.75, 3.05) is 19.0 Å². The Hall–Kier alpha value is -2.49. The molecule has 4 heteroatoms. The fourth-order valence-electron chi connectivity index (χ4n) is 2.03. The normalized spacial score (nSPS) is 10.1. The molecule has 116 valence electrons. The van der Waals surface area contributed by atoms with Crippen LogP contribution < -0.4 is 14.8 Å². The number of benzene rings is 2. The molecule has 0 aliphatic heterocycles. The first-order chi connectivity index (χ1) is 10.7. The summed E-state index contributed by atoms with van der Waals surface area (Å²) < 4.78 is 10.6. The Kier molecular flexibility index (Phi) is 5.83. The van der Waals surface area contributed by atoms with Gasteiger partial charge in [-0.05, 0) is 48.4 Å². The quantitative estimate of drug-likeness (QED) is 0.848. The number of methoxy groups -OCH3 is 1. The third-order valence-electron chi connectivity index (χ3n) is 3.28. The highest BCUT2D eigenvalue weighted by Crippen LogP contribution is 2.17. The second-order valence-electron chi connectivity index (χ2n) is 4.88. The van der Waals surface area contributed by atoms with Gasteiger partial charge in [0.25, 0.3) is 0 Å². The average molecular weight is 299 g/mol. The minimum absolute atomic E-state index is 0.0539. The maximum atomic E-state index is 11.9. The zero-order valence-electron chi connectivity index (χ0n) is 13.0. The number of ether oxygens (including phenoxy) is 2. The van der Waals surface area contributed by atoms with E-state index >= 15 is 0 Å². The molecule has 1 amide bonds. The topological polar surface area (TPSA) is 47.6 Å². The summed E-state index contributed by atoms with van der Waals surface area (Å²) in [5.41, 5.74) is 2.03. The fraction of sp³-hybridized carbons (Fsp3) is 0.278. The van der Waals surface area contributed by atoms with Gasteiger partial charge in [-0.3, -0.25) is 4.79 Å². The second kappa shape index (κ2) is 8.08. The number of amides is 1. The Bertz CT molecular complexity index is 608. The molecule has 0 heterocycles. The molecule has 0 fully saturated rings. The molecule has 0 radical (unpaired) electrons. The molecule has 2 rings (SSSR count). The predicted octanol–water partition coefficient (Wildman–Crippen LogP) is 3.67. The van der Waals surface area contributed by atoms with Crippen LogP contribution in [0.2, 0.25) is 0 Å². The Morgan fingerprint density at radius 2 is 1.82 bits per heavy atom. The van der Waals surface area contributed by atoms with Crippen LogP contribution in [0.5, 0.6) is 11.5 Å². The molecule has 22 heavy (non-hydrogen) atoms. The van der Waals surface area contributed by atoms with Crippen molar-refractivity contribution in [3.63, 3.8) is 0 Å². The van der Waals surface area contributed by atoms with Crippen LogP contribution in [0.4, 0.5) is 5.69 Å². The van der Waals surface area contributed by atoms with Gasteiger partial charge in [-0.15, -0.1) is 0 Å². The van der Waals surface area contributed by atoms with Crippen molar-refractivity contribution in [1.29, 1.82) is 0 Å². The van der Waals surface area contributed by atoms with Crippen LogP contribution in [0.15, 0.2) is 48.5 Å². The molecule has 0 aromatic heterocycles. The molecule has 0 aliphatic rings. The van der Waals surface area contributed by atoms with Crippen molar-refractivity contribution < 1.29 is 14.3 Å². The van der Waals surface area contributed by atoms with E-state index in [0.717, 1.165) is 23.6 Å². The summed E-state index contributed by atoms with van der Waals surface area (Å²) in [6, 6.07) is 15.2. The summed E-state index contributed by atoms with van der Waals surface area (Å²) in [5, 5.41) is 2.88. The molecule has 2 aromatic carbocycles. The van der Waals surface area contributed by atoms with Crippen LogP contribution >= 0.6 is 0 Å². The molecule has 0 spiro atoms. The van der Waals surface area contributed by atoms with E-state index in [4.69, 9.17) is 9.47 Å². The van der Waals surface area contributed by atoms with Crippen molar-refractivity contribution in [2.24, 2.45) is 0 Å². The van der Waals surface area contributed by atoms with Crippen LogP contribution in [0.1, 0.15) is 18.9 Å². The van der Waals surface area contributed by atoms with E-state index in [-0.39, 0.29) is 5.91 Å². The SMILES string of the molecule is CCc1cccc(NC(=O)CCOc2ccc(OC)cc2)c1. The Balaban J connectivity index is 1.77. The summed E-state index contributed by atoms with van der Waals surface area (Å²) >= 11 is 0. The van der Waals surface area contributed by atoms with Crippen molar-refractivity contribution in [3.8, 4) is 11.5 Å². The highest BCUT2D eigenvalue weighted by Gasteiger charge is 2.04. The number of hydrogen-bond acceptors (Lipinski definition) is 3. The number of carbonyl (C=O) groups is 1. The van der Waals surface area contributed by atoms with Gasteiger partial charge < -0.3 is 14.8 Å². The lowest BCUT2D eigenvalue weighted by atomic mass is 10.1. The highest BCUT2D eigenvalue weighted by atomic mass is 16.5. The van der Waals surface area contributed by atoms with E-state index in [9.17, 15) is 4.79 Å². The van der Waals surface area contributed by atoms with Crippen molar-refractivity contribution in [3.05, 3.63) is 54.1 Å². The number of aryl methyl sites for hydroxylation is 1. The van der Waals surface area contributed by atoms with E-state index in [1.54, 1.807) is 7.11 Å². The lowest BCUT2D eigenvalue weighted by Gasteiger charge is -2.08. The zero-order chi connectivity index (χ0) is 15.8. The summed E-state index contributed by atoms with van der Waals surface area (Å²) in [6.07, 6.45) is 1.26. The number of rotatable bonds is 7. The molecule has 4 nitrogen and oxygen atoms in total. The largest absolute Gasteiger partial charge is 0.497 e. The van der Waals surface area contributed by atoms with E-state index in [1.807, 2.05) is 48.5 Å². The van der Waals surface area contributed by atoms with Crippen LogP contribution in [0.3, 0.4) is 0 Å². The zero-order valence-corrected chi connectivity index (χ0v) is 13.0. The summed E-state index contributed by atoms with van der Waals surface area (Å²) in [5.74, 6) is 1.45. The number of carbonyl (C=O) groups excluding carboxylic acids is 1. The van der Waals surface area contributed by atoms with Gasteiger partial charge in [-0.1, -0.05) is 19.1 Å².